The molecule has 6 heteroatoms. The molecule has 6 nitrogen and oxygen atoms in total. The Balaban J connectivity index is 2.84. The highest BCUT2D eigenvalue weighted by Gasteiger charge is 2.19. The van der Waals surface area contributed by atoms with Crippen molar-refractivity contribution in [1.29, 1.82) is 5.26 Å². The minimum atomic E-state index is -0.234. The molecule has 17 heavy (non-hydrogen) atoms. The van der Waals surface area contributed by atoms with Gasteiger partial charge in [-0.1, -0.05) is 0 Å². The smallest absolute Gasteiger partial charge is 0.274 e. The first-order chi connectivity index (χ1) is 8.06. The van der Waals surface area contributed by atoms with Crippen molar-refractivity contribution in [3.63, 3.8) is 0 Å². The summed E-state index contributed by atoms with van der Waals surface area (Å²) < 4.78 is 0. The van der Waals surface area contributed by atoms with E-state index in [1.165, 1.54) is 12.1 Å². The number of carbonyl (C=O) groups is 1. The van der Waals surface area contributed by atoms with Crippen molar-refractivity contribution < 1.29 is 4.79 Å². The summed E-state index contributed by atoms with van der Waals surface area (Å²) in [4.78, 5) is 13.7. The zero-order valence-corrected chi connectivity index (χ0v) is 9.92. The van der Waals surface area contributed by atoms with Crippen LogP contribution in [0.4, 0.5) is 5.82 Å². The van der Waals surface area contributed by atoms with Crippen molar-refractivity contribution in [2.24, 2.45) is 0 Å². The van der Waals surface area contributed by atoms with E-state index in [2.05, 4.69) is 10.2 Å². The number of nitriles is 1. The van der Waals surface area contributed by atoms with Gasteiger partial charge in [0, 0.05) is 12.6 Å². The fourth-order valence-electron chi connectivity index (χ4n) is 1.37. The third-order valence-corrected chi connectivity index (χ3v) is 2.25. The zero-order chi connectivity index (χ0) is 12.8. The SMILES string of the molecule is CC(C)N(CCC#N)C(=O)c1ccc(N)nn1. The Morgan fingerprint density at radius 1 is 1.53 bits per heavy atom. The Morgan fingerprint density at radius 3 is 2.71 bits per heavy atom. The predicted molar refractivity (Wildman–Crippen MR) is 62.8 cm³/mol. The van der Waals surface area contributed by atoms with E-state index >= 15 is 0 Å². The first-order valence-corrected chi connectivity index (χ1v) is 5.33. The molecule has 0 fully saturated rings. The molecule has 0 bridgehead atoms. The Labute approximate surface area is 100 Å². The normalized spacial score (nSPS) is 10.0. The second-order valence-electron chi connectivity index (χ2n) is 3.84. The second-order valence-corrected chi connectivity index (χ2v) is 3.84. The van der Waals surface area contributed by atoms with E-state index in [9.17, 15) is 4.79 Å². The highest BCUT2D eigenvalue weighted by molar-refractivity contribution is 5.92. The van der Waals surface area contributed by atoms with Crippen molar-refractivity contribution in [2.45, 2.75) is 26.3 Å². The van der Waals surface area contributed by atoms with Crippen molar-refractivity contribution in [1.82, 2.24) is 15.1 Å². The molecule has 1 heterocycles. The number of amides is 1. The Bertz CT molecular complexity index is 420. The molecule has 0 radical (unpaired) electrons. The molecule has 0 unspecified atom stereocenters. The van der Waals surface area contributed by atoms with Gasteiger partial charge >= 0.3 is 0 Å². The summed E-state index contributed by atoms with van der Waals surface area (Å²) in [6.07, 6.45) is 0.298. The number of hydrogen-bond donors (Lipinski definition) is 1. The maximum atomic E-state index is 12.1. The topological polar surface area (TPSA) is 95.9 Å². The van der Waals surface area contributed by atoms with Gasteiger partial charge < -0.3 is 10.6 Å². The summed E-state index contributed by atoms with van der Waals surface area (Å²) in [5, 5.41) is 15.9. The molecule has 0 saturated heterocycles. The molecule has 1 amide bonds. The minimum absolute atomic E-state index is 0.00945. The Kier molecular flexibility index (Phi) is 4.40. The molecule has 0 spiro atoms. The van der Waals surface area contributed by atoms with E-state index in [-0.39, 0.29) is 23.5 Å². The summed E-state index contributed by atoms with van der Waals surface area (Å²) >= 11 is 0. The largest absolute Gasteiger partial charge is 0.382 e. The number of nitrogens with zero attached hydrogens (tertiary/aromatic N) is 4. The molecule has 1 rings (SSSR count). The van der Waals surface area contributed by atoms with Crippen LogP contribution >= 0.6 is 0 Å². The third-order valence-electron chi connectivity index (χ3n) is 2.25. The van der Waals surface area contributed by atoms with Gasteiger partial charge in [-0.3, -0.25) is 4.79 Å². The van der Waals surface area contributed by atoms with Crippen LogP contribution in [0.3, 0.4) is 0 Å². The standard InChI is InChI=1S/C11H15N5O/c1-8(2)16(7-3-6-12)11(17)9-4-5-10(13)15-14-9/h4-5,8H,3,7H2,1-2H3,(H2,13,15). The van der Waals surface area contributed by atoms with E-state index in [4.69, 9.17) is 11.0 Å². The van der Waals surface area contributed by atoms with E-state index in [0.717, 1.165) is 0 Å². The average molecular weight is 233 g/mol. The van der Waals surface area contributed by atoms with Crippen molar-refractivity contribution in [2.75, 3.05) is 12.3 Å². The van der Waals surface area contributed by atoms with Crippen LogP contribution in [-0.4, -0.2) is 33.6 Å². The molecule has 0 atom stereocenters. The average Bonchev–Trinajstić information content (AvgIpc) is 2.29. The first kappa shape index (κ1) is 12.9. The van der Waals surface area contributed by atoms with Crippen LogP contribution in [-0.2, 0) is 0 Å². The number of anilines is 1. The van der Waals surface area contributed by atoms with Gasteiger partial charge in [-0.15, -0.1) is 10.2 Å². The third kappa shape index (κ3) is 3.41. The van der Waals surface area contributed by atoms with Gasteiger partial charge in [0.25, 0.3) is 5.91 Å². The molecular formula is C11H15N5O. The lowest BCUT2D eigenvalue weighted by molar-refractivity contribution is 0.0703. The van der Waals surface area contributed by atoms with Crippen LogP contribution in [0.1, 0.15) is 30.8 Å². The lowest BCUT2D eigenvalue weighted by Gasteiger charge is -2.25. The number of nitrogens with two attached hydrogens (primary N) is 1. The maximum Gasteiger partial charge on any atom is 0.274 e. The summed E-state index contributed by atoms with van der Waals surface area (Å²) in [7, 11) is 0. The minimum Gasteiger partial charge on any atom is -0.382 e. The highest BCUT2D eigenvalue weighted by atomic mass is 16.2. The fraction of sp³-hybridized carbons (Fsp3) is 0.455. The van der Waals surface area contributed by atoms with Crippen LogP contribution in [0.15, 0.2) is 12.1 Å². The van der Waals surface area contributed by atoms with Gasteiger partial charge in [-0.2, -0.15) is 5.26 Å². The second kappa shape index (κ2) is 5.80. The van der Waals surface area contributed by atoms with E-state index in [1.807, 2.05) is 19.9 Å². The first-order valence-electron chi connectivity index (χ1n) is 5.33. The Morgan fingerprint density at radius 2 is 2.24 bits per heavy atom. The van der Waals surface area contributed by atoms with Crippen molar-refractivity contribution >= 4 is 11.7 Å². The molecule has 0 aromatic carbocycles. The molecular weight excluding hydrogens is 218 g/mol. The van der Waals surface area contributed by atoms with Gasteiger partial charge in [0.15, 0.2) is 5.69 Å². The number of carbonyl (C=O) groups excluding carboxylic acids is 1. The molecule has 2 N–H and O–H groups in total. The maximum absolute atomic E-state index is 12.1. The molecule has 90 valence electrons. The van der Waals surface area contributed by atoms with E-state index in [0.29, 0.717) is 13.0 Å². The molecule has 0 saturated carbocycles. The molecule has 0 aliphatic rings. The monoisotopic (exact) mass is 233 g/mol. The van der Waals surface area contributed by atoms with Gasteiger partial charge in [-0.25, -0.2) is 0 Å². The Hall–Kier alpha value is -2.16. The molecule has 1 aromatic rings. The molecule has 0 aliphatic carbocycles. The fourth-order valence-corrected chi connectivity index (χ4v) is 1.37. The van der Waals surface area contributed by atoms with E-state index in [1.54, 1.807) is 4.90 Å². The van der Waals surface area contributed by atoms with Gasteiger partial charge in [0.2, 0.25) is 0 Å². The summed E-state index contributed by atoms with van der Waals surface area (Å²) in [5.41, 5.74) is 5.64. The van der Waals surface area contributed by atoms with Gasteiger partial charge in [0.05, 0.1) is 12.5 Å². The van der Waals surface area contributed by atoms with Gasteiger partial charge in [0.1, 0.15) is 5.82 Å². The van der Waals surface area contributed by atoms with Crippen LogP contribution in [0.5, 0.6) is 0 Å². The van der Waals surface area contributed by atoms with Crippen LogP contribution in [0.2, 0.25) is 0 Å². The van der Waals surface area contributed by atoms with Crippen LogP contribution < -0.4 is 5.73 Å². The van der Waals surface area contributed by atoms with E-state index < -0.39 is 0 Å². The number of aromatic nitrogens is 2. The zero-order valence-electron chi connectivity index (χ0n) is 9.92. The molecule has 1 aromatic heterocycles. The number of nitrogen functional groups attached to an aromatic ring is 1. The van der Waals surface area contributed by atoms with Crippen molar-refractivity contribution in [3.05, 3.63) is 17.8 Å². The quantitative estimate of drug-likeness (QED) is 0.830. The van der Waals surface area contributed by atoms with Gasteiger partial charge in [-0.05, 0) is 26.0 Å². The van der Waals surface area contributed by atoms with Crippen LogP contribution in [0.25, 0.3) is 0 Å². The lowest BCUT2D eigenvalue weighted by atomic mass is 10.2. The summed E-state index contributed by atoms with van der Waals surface area (Å²) in [5.74, 6) is 0.0393. The number of hydrogen-bond acceptors (Lipinski definition) is 5. The summed E-state index contributed by atoms with van der Waals surface area (Å²) in [6, 6.07) is 5.09. The predicted octanol–water partition coefficient (Wildman–Crippen LogP) is 0.823. The van der Waals surface area contributed by atoms with Crippen LogP contribution in [0, 0.1) is 11.3 Å². The van der Waals surface area contributed by atoms with Crippen molar-refractivity contribution in [3.8, 4) is 6.07 Å². The molecule has 0 aliphatic heterocycles. The number of rotatable bonds is 4. The lowest BCUT2D eigenvalue weighted by Crippen LogP contribution is -2.38. The summed E-state index contributed by atoms with van der Waals surface area (Å²) in [6.45, 7) is 4.17. The highest BCUT2D eigenvalue weighted by Crippen LogP contribution is 2.07.